The number of halogens is 1. The number of anilines is 1. The predicted octanol–water partition coefficient (Wildman–Crippen LogP) is 2.55. The number of ether oxygens (including phenoxy) is 1. The second-order valence-electron chi connectivity index (χ2n) is 6.28. The van der Waals surface area contributed by atoms with E-state index in [-0.39, 0.29) is 18.9 Å². The van der Waals surface area contributed by atoms with E-state index in [1.165, 1.54) is 0 Å². The van der Waals surface area contributed by atoms with Crippen molar-refractivity contribution in [1.82, 2.24) is 10.9 Å². The Balaban J connectivity index is 1.56. The Morgan fingerprint density at radius 3 is 2.43 bits per heavy atom. The minimum absolute atomic E-state index is 0.0792. The molecule has 7 nitrogen and oxygen atoms in total. The fourth-order valence-electron chi connectivity index (χ4n) is 2.92. The Hall–Kier alpha value is -3.06. The zero-order chi connectivity index (χ0) is 20.1. The third kappa shape index (κ3) is 4.61. The van der Waals surface area contributed by atoms with Gasteiger partial charge in [-0.2, -0.15) is 0 Å². The van der Waals surface area contributed by atoms with Gasteiger partial charge in [-0.15, -0.1) is 0 Å². The molecular formula is C20H20ClN3O4. The predicted molar refractivity (Wildman–Crippen MR) is 105 cm³/mol. The lowest BCUT2D eigenvalue weighted by atomic mass is 10.1. The minimum Gasteiger partial charge on any atom is -0.494 e. The molecule has 1 atom stereocenters. The molecule has 8 heteroatoms. The third-order valence-electron chi connectivity index (χ3n) is 4.36. The molecule has 28 heavy (non-hydrogen) atoms. The van der Waals surface area contributed by atoms with Crippen LogP contribution in [-0.2, 0) is 9.59 Å². The number of carbonyl (C=O) groups excluding carboxylic acids is 3. The van der Waals surface area contributed by atoms with Gasteiger partial charge < -0.3 is 9.64 Å². The molecule has 1 heterocycles. The molecule has 1 aliphatic rings. The van der Waals surface area contributed by atoms with Gasteiger partial charge in [0.2, 0.25) is 11.8 Å². The van der Waals surface area contributed by atoms with Crippen LogP contribution in [0.15, 0.2) is 48.5 Å². The van der Waals surface area contributed by atoms with Crippen LogP contribution < -0.4 is 20.5 Å². The van der Waals surface area contributed by atoms with E-state index < -0.39 is 17.7 Å². The van der Waals surface area contributed by atoms with E-state index in [0.717, 1.165) is 5.75 Å². The Morgan fingerprint density at radius 2 is 1.79 bits per heavy atom. The van der Waals surface area contributed by atoms with Gasteiger partial charge in [0, 0.05) is 29.2 Å². The number of amides is 3. The van der Waals surface area contributed by atoms with E-state index in [1.54, 1.807) is 53.4 Å². The first-order valence-electron chi connectivity index (χ1n) is 8.87. The van der Waals surface area contributed by atoms with Crippen LogP contribution >= 0.6 is 11.6 Å². The zero-order valence-electron chi connectivity index (χ0n) is 15.3. The van der Waals surface area contributed by atoms with E-state index in [9.17, 15) is 14.4 Å². The van der Waals surface area contributed by atoms with Crippen molar-refractivity contribution in [2.45, 2.75) is 13.3 Å². The normalized spacial score (nSPS) is 16.0. The van der Waals surface area contributed by atoms with Gasteiger partial charge in [0.15, 0.2) is 0 Å². The summed E-state index contributed by atoms with van der Waals surface area (Å²) in [4.78, 5) is 38.3. The molecule has 146 valence electrons. The minimum atomic E-state index is -0.551. The SMILES string of the molecule is CCOc1ccc(N2C[C@@H](C(=O)NNC(=O)c3ccc(Cl)cc3)CC2=O)cc1. The molecule has 3 amide bonds. The molecule has 0 unspecified atom stereocenters. The summed E-state index contributed by atoms with van der Waals surface area (Å²) in [5, 5.41) is 0.513. The quantitative estimate of drug-likeness (QED) is 0.754. The van der Waals surface area contributed by atoms with E-state index in [0.29, 0.717) is 22.9 Å². The fourth-order valence-corrected chi connectivity index (χ4v) is 3.04. The third-order valence-corrected chi connectivity index (χ3v) is 4.61. The van der Waals surface area contributed by atoms with Crippen LogP contribution in [0.25, 0.3) is 0 Å². The van der Waals surface area contributed by atoms with Crippen LogP contribution in [-0.4, -0.2) is 30.9 Å². The number of benzene rings is 2. The largest absolute Gasteiger partial charge is 0.494 e. The molecule has 0 aromatic heterocycles. The van der Waals surface area contributed by atoms with Crippen molar-refractivity contribution < 1.29 is 19.1 Å². The topological polar surface area (TPSA) is 87.7 Å². The molecule has 1 saturated heterocycles. The first-order chi connectivity index (χ1) is 13.5. The van der Waals surface area contributed by atoms with Gasteiger partial charge in [0.25, 0.3) is 5.91 Å². The van der Waals surface area contributed by atoms with E-state index in [1.807, 2.05) is 6.92 Å². The fraction of sp³-hybridized carbons (Fsp3) is 0.250. The maximum atomic E-state index is 12.4. The number of hydrazine groups is 1. The van der Waals surface area contributed by atoms with Crippen molar-refractivity contribution in [2.75, 3.05) is 18.1 Å². The smallest absolute Gasteiger partial charge is 0.269 e. The Kier molecular flexibility index (Phi) is 6.16. The van der Waals surface area contributed by atoms with Gasteiger partial charge in [-0.3, -0.25) is 25.2 Å². The van der Waals surface area contributed by atoms with Crippen molar-refractivity contribution in [3.05, 3.63) is 59.1 Å². The number of nitrogens with zero attached hydrogens (tertiary/aromatic N) is 1. The summed E-state index contributed by atoms with van der Waals surface area (Å²) in [5.74, 6) is -0.850. The standard InChI is InChI=1S/C20H20ClN3O4/c1-2-28-17-9-7-16(8-10-17)24-12-14(11-18(24)25)20(27)23-22-19(26)13-3-5-15(21)6-4-13/h3-10,14H,2,11-12H2,1H3,(H,22,26)(H,23,27)/t14-/m0/s1. The molecule has 0 bridgehead atoms. The van der Waals surface area contributed by atoms with Gasteiger partial charge in [0.05, 0.1) is 12.5 Å². The summed E-state index contributed by atoms with van der Waals surface area (Å²) in [6.07, 6.45) is 0.0792. The Labute approximate surface area is 167 Å². The van der Waals surface area contributed by atoms with E-state index in [4.69, 9.17) is 16.3 Å². The van der Waals surface area contributed by atoms with Crippen molar-refractivity contribution in [3.8, 4) is 5.75 Å². The van der Waals surface area contributed by atoms with Gasteiger partial charge in [-0.25, -0.2) is 0 Å². The Morgan fingerprint density at radius 1 is 1.11 bits per heavy atom. The van der Waals surface area contributed by atoms with Crippen LogP contribution in [0.3, 0.4) is 0 Å². The highest BCUT2D eigenvalue weighted by Crippen LogP contribution is 2.27. The molecule has 0 spiro atoms. The average molecular weight is 402 g/mol. The molecule has 0 aliphatic carbocycles. The van der Waals surface area contributed by atoms with Crippen LogP contribution in [0.1, 0.15) is 23.7 Å². The van der Waals surface area contributed by atoms with E-state index in [2.05, 4.69) is 10.9 Å². The number of nitrogens with one attached hydrogen (secondary N) is 2. The highest BCUT2D eigenvalue weighted by molar-refractivity contribution is 6.30. The average Bonchev–Trinajstić information content (AvgIpc) is 3.09. The second-order valence-corrected chi connectivity index (χ2v) is 6.72. The Bertz CT molecular complexity index is 868. The molecule has 1 aliphatic heterocycles. The number of carbonyl (C=O) groups is 3. The summed E-state index contributed by atoms with van der Waals surface area (Å²) in [6.45, 7) is 2.70. The second kappa shape index (κ2) is 8.75. The number of hydrogen-bond acceptors (Lipinski definition) is 4. The lowest BCUT2D eigenvalue weighted by Crippen LogP contribution is -2.45. The zero-order valence-corrected chi connectivity index (χ0v) is 16.0. The molecule has 2 aromatic carbocycles. The summed E-state index contributed by atoms with van der Waals surface area (Å²) in [7, 11) is 0. The van der Waals surface area contributed by atoms with Crippen LogP contribution in [0, 0.1) is 5.92 Å². The molecular weight excluding hydrogens is 382 g/mol. The molecule has 2 aromatic rings. The summed E-state index contributed by atoms with van der Waals surface area (Å²) < 4.78 is 5.39. The van der Waals surface area contributed by atoms with Crippen LogP contribution in [0.2, 0.25) is 5.02 Å². The van der Waals surface area contributed by atoms with Crippen molar-refractivity contribution in [3.63, 3.8) is 0 Å². The summed E-state index contributed by atoms with van der Waals surface area (Å²) >= 11 is 5.79. The molecule has 1 fully saturated rings. The maximum absolute atomic E-state index is 12.4. The van der Waals surface area contributed by atoms with Crippen molar-refractivity contribution >= 4 is 35.0 Å². The number of rotatable bonds is 5. The highest BCUT2D eigenvalue weighted by Gasteiger charge is 2.35. The number of hydrogen-bond donors (Lipinski definition) is 2. The van der Waals surface area contributed by atoms with Gasteiger partial charge in [-0.1, -0.05) is 11.6 Å². The summed E-state index contributed by atoms with van der Waals surface area (Å²) in [5.41, 5.74) is 5.81. The van der Waals surface area contributed by atoms with Gasteiger partial charge >= 0.3 is 0 Å². The van der Waals surface area contributed by atoms with Crippen LogP contribution in [0.4, 0.5) is 5.69 Å². The molecule has 3 rings (SSSR count). The van der Waals surface area contributed by atoms with Gasteiger partial charge in [-0.05, 0) is 55.5 Å². The van der Waals surface area contributed by atoms with Crippen molar-refractivity contribution in [2.24, 2.45) is 5.92 Å². The molecule has 2 N–H and O–H groups in total. The maximum Gasteiger partial charge on any atom is 0.269 e. The lowest BCUT2D eigenvalue weighted by molar-refractivity contribution is -0.126. The summed E-state index contributed by atoms with van der Waals surface area (Å²) in [6, 6.07) is 13.4. The monoisotopic (exact) mass is 401 g/mol. The first-order valence-corrected chi connectivity index (χ1v) is 9.24. The molecule has 0 saturated carbocycles. The van der Waals surface area contributed by atoms with Gasteiger partial charge in [0.1, 0.15) is 5.75 Å². The first kappa shape index (κ1) is 19.7. The molecule has 0 radical (unpaired) electrons. The highest BCUT2D eigenvalue weighted by atomic mass is 35.5. The lowest BCUT2D eigenvalue weighted by Gasteiger charge is -2.17. The van der Waals surface area contributed by atoms with Crippen molar-refractivity contribution in [1.29, 1.82) is 0 Å². The van der Waals surface area contributed by atoms with Crippen LogP contribution in [0.5, 0.6) is 5.75 Å². The van der Waals surface area contributed by atoms with E-state index >= 15 is 0 Å².